The van der Waals surface area contributed by atoms with Gasteiger partial charge in [0, 0.05) is 18.9 Å². The summed E-state index contributed by atoms with van der Waals surface area (Å²) in [6.45, 7) is 2.25. The van der Waals surface area contributed by atoms with Crippen molar-refractivity contribution < 1.29 is 5.11 Å². The van der Waals surface area contributed by atoms with Crippen molar-refractivity contribution in [1.82, 2.24) is 15.1 Å². The summed E-state index contributed by atoms with van der Waals surface area (Å²) in [6.07, 6.45) is 8.71. The van der Waals surface area contributed by atoms with E-state index in [0.29, 0.717) is 13.1 Å². The maximum atomic E-state index is 9.72. The van der Waals surface area contributed by atoms with Crippen LogP contribution in [0, 0.1) is 5.92 Å². The maximum absolute atomic E-state index is 9.72. The number of hydrogen-bond acceptors (Lipinski definition) is 3. The fourth-order valence-electron chi connectivity index (χ4n) is 1.88. The average Bonchev–Trinajstić information content (AvgIpc) is 2.95. The highest BCUT2D eigenvalue weighted by atomic mass is 16.3. The molecule has 1 aliphatic carbocycles. The molecular formula is C12H21N3O. The highest BCUT2D eigenvalue weighted by Gasteiger charge is 2.19. The minimum absolute atomic E-state index is 0.346. The van der Waals surface area contributed by atoms with Crippen LogP contribution in [0.1, 0.15) is 25.7 Å². The summed E-state index contributed by atoms with van der Waals surface area (Å²) in [5.41, 5.74) is 0. The molecular weight excluding hydrogens is 202 g/mol. The number of rotatable bonds is 8. The molecule has 1 aliphatic rings. The van der Waals surface area contributed by atoms with Crippen LogP contribution in [0.2, 0.25) is 0 Å². The maximum Gasteiger partial charge on any atom is 0.0860 e. The van der Waals surface area contributed by atoms with Gasteiger partial charge in [0.25, 0.3) is 0 Å². The molecule has 4 nitrogen and oxygen atoms in total. The van der Waals surface area contributed by atoms with Gasteiger partial charge in [0.1, 0.15) is 0 Å². The Morgan fingerprint density at radius 1 is 1.50 bits per heavy atom. The summed E-state index contributed by atoms with van der Waals surface area (Å²) >= 11 is 0. The molecule has 1 atom stereocenters. The minimum atomic E-state index is -0.346. The van der Waals surface area contributed by atoms with E-state index in [1.54, 1.807) is 10.9 Å². The zero-order chi connectivity index (χ0) is 11.2. The second-order valence-electron chi connectivity index (χ2n) is 4.67. The number of hydrogen-bond donors (Lipinski definition) is 2. The van der Waals surface area contributed by atoms with Crippen LogP contribution < -0.4 is 5.32 Å². The molecule has 0 bridgehead atoms. The number of aromatic nitrogens is 2. The first-order valence-electron chi connectivity index (χ1n) is 6.21. The Hall–Kier alpha value is -0.870. The normalized spacial score (nSPS) is 17.6. The molecule has 1 saturated carbocycles. The van der Waals surface area contributed by atoms with E-state index in [9.17, 15) is 5.11 Å². The Kier molecular flexibility index (Phi) is 4.36. The summed E-state index contributed by atoms with van der Waals surface area (Å²) in [6, 6.07) is 1.87. The van der Waals surface area contributed by atoms with E-state index in [1.807, 2.05) is 12.3 Å². The number of nitrogens with one attached hydrogen (secondary N) is 1. The van der Waals surface area contributed by atoms with E-state index in [2.05, 4.69) is 10.4 Å². The highest BCUT2D eigenvalue weighted by molar-refractivity contribution is 4.78. The lowest BCUT2D eigenvalue weighted by molar-refractivity contribution is 0.147. The van der Waals surface area contributed by atoms with Crippen molar-refractivity contribution in [2.45, 2.75) is 38.3 Å². The summed E-state index contributed by atoms with van der Waals surface area (Å²) in [5, 5.41) is 17.1. The first-order chi connectivity index (χ1) is 7.84. The third kappa shape index (κ3) is 4.33. The minimum Gasteiger partial charge on any atom is -0.390 e. The van der Waals surface area contributed by atoms with Crippen LogP contribution >= 0.6 is 0 Å². The molecule has 1 aromatic heterocycles. The van der Waals surface area contributed by atoms with E-state index in [-0.39, 0.29) is 6.10 Å². The fourth-order valence-corrected chi connectivity index (χ4v) is 1.88. The van der Waals surface area contributed by atoms with Gasteiger partial charge in [-0.15, -0.1) is 0 Å². The van der Waals surface area contributed by atoms with Gasteiger partial charge < -0.3 is 10.4 Å². The largest absolute Gasteiger partial charge is 0.390 e. The van der Waals surface area contributed by atoms with E-state index < -0.39 is 0 Å². The molecule has 1 heterocycles. The van der Waals surface area contributed by atoms with Crippen molar-refractivity contribution in [1.29, 1.82) is 0 Å². The lowest BCUT2D eigenvalue weighted by atomic mass is 10.2. The van der Waals surface area contributed by atoms with Gasteiger partial charge in [-0.2, -0.15) is 5.10 Å². The number of nitrogens with zero attached hydrogens (tertiary/aromatic N) is 2. The molecule has 2 N–H and O–H groups in total. The molecule has 0 aliphatic heterocycles. The Bertz CT molecular complexity index is 282. The zero-order valence-corrected chi connectivity index (χ0v) is 9.68. The van der Waals surface area contributed by atoms with Crippen molar-refractivity contribution in [3.63, 3.8) is 0 Å². The van der Waals surface area contributed by atoms with Crippen LogP contribution in [-0.4, -0.2) is 34.1 Å². The first-order valence-corrected chi connectivity index (χ1v) is 6.21. The standard InChI is InChI=1S/C12H21N3O/c16-12(10-15-8-2-7-14-15)9-13-6-1-3-11-4-5-11/h2,7-8,11-13,16H,1,3-6,9-10H2. The van der Waals surface area contributed by atoms with Crippen molar-refractivity contribution in [3.05, 3.63) is 18.5 Å². The van der Waals surface area contributed by atoms with Gasteiger partial charge in [0.15, 0.2) is 0 Å². The van der Waals surface area contributed by atoms with Gasteiger partial charge >= 0.3 is 0 Å². The summed E-state index contributed by atoms with van der Waals surface area (Å²) in [4.78, 5) is 0. The summed E-state index contributed by atoms with van der Waals surface area (Å²) < 4.78 is 1.76. The molecule has 90 valence electrons. The molecule has 1 unspecified atom stereocenters. The Morgan fingerprint density at radius 3 is 3.06 bits per heavy atom. The van der Waals surface area contributed by atoms with Gasteiger partial charge in [-0.1, -0.05) is 12.8 Å². The molecule has 0 radical (unpaired) electrons. The Balaban J connectivity index is 1.48. The van der Waals surface area contributed by atoms with Gasteiger partial charge in [0.2, 0.25) is 0 Å². The molecule has 16 heavy (non-hydrogen) atoms. The molecule has 0 saturated heterocycles. The number of aliphatic hydroxyl groups excluding tert-OH is 1. The van der Waals surface area contributed by atoms with Gasteiger partial charge in [-0.3, -0.25) is 4.68 Å². The van der Waals surface area contributed by atoms with Gasteiger partial charge in [-0.25, -0.2) is 0 Å². The first kappa shape index (κ1) is 11.6. The Labute approximate surface area is 96.7 Å². The van der Waals surface area contributed by atoms with Crippen LogP contribution in [0.15, 0.2) is 18.5 Å². The smallest absolute Gasteiger partial charge is 0.0860 e. The van der Waals surface area contributed by atoms with E-state index >= 15 is 0 Å². The second-order valence-corrected chi connectivity index (χ2v) is 4.67. The van der Waals surface area contributed by atoms with Crippen LogP contribution in [0.4, 0.5) is 0 Å². The van der Waals surface area contributed by atoms with Gasteiger partial charge in [0.05, 0.1) is 12.6 Å². The molecule has 0 aromatic carbocycles. The lowest BCUT2D eigenvalue weighted by Crippen LogP contribution is -2.31. The molecule has 1 aromatic rings. The molecule has 4 heteroatoms. The van der Waals surface area contributed by atoms with Crippen molar-refractivity contribution >= 4 is 0 Å². The van der Waals surface area contributed by atoms with Crippen molar-refractivity contribution in [3.8, 4) is 0 Å². The van der Waals surface area contributed by atoms with Crippen LogP contribution in [0.25, 0.3) is 0 Å². The molecule has 1 fully saturated rings. The monoisotopic (exact) mass is 223 g/mol. The number of aliphatic hydroxyl groups is 1. The third-order valence-corrected chi connectivity index (χ3v) is 3.00. The lowest BCUT2D eigenvalue weighted by Gasteiger charge is -2.11. The van der Waals surface area contributed by atoms with Crippen LogP contribution in [-0.2, 0) is 6.54 Å². The molecule has 0 amide bonds. The third-order valence-electron chi connectivity index (χ3n) is 3.00. The predicted molar refractivity (Wildman–Crippen MR) is 63.1 cm³/mol. The van der Waals surface area contributed by atoms with E-state index in [0.717, 1.165) is 12.5 Å². The zero-order valence-electron chi connectivity index (χ0n) is 9.68. The predicted octanol–water partition coefficient (Wildman–Crippen LogP) is 1.02. The quantitative estimate of drug-likeness (QED) is 0.647. The van der Waals surface area contributed by atoms with Gasteiger partial charge in [-0.05, 0) is 31.4 Å². The topological polar surface area (TPSA) is 50.1 Å². The average molecular weight is 223 g/mol. The van der Waals surface area contributed by atoms with Crippen molar-refractivity contribution in [2.24, 2.45) is 5.92 Å². The summed E-state index contributed by atoms with van der Waals surface area (Å²) in [5.74, 6) is 1.01. The SMILES string of the molecule is OC(CNCCCC1CC1)Cn1cccn1. The van der Waals surface area contributed by atoms with E-state index in [4.69, 9.17) is 0 Å². The van der Waals surface area contributed by atoms with Crippen LogP contribution in [0.3, 0.4) is 0 Å². The molecule has 0 spiro atoms. The van der Waals surface area contributed by atoms with Crippen molar-refractivity contribution in [2.75, 3.05) is 13.1 Å². The Morgan fingerprint density at radius 2 is 2.38 bits per heavy atom. The molecule has 2 rings (SSSR count). The van der Waals surface area contributed by atoms with E-state index in [1.165, 1.54) is 25.7 Å². The summed E-state index contributed by atoms with van der Waals surface area (Å²) in [7, 11) is 0. The second kappa shape index (κ2) is 6.01. The van der Waals surface area contributed by atoms with Crippen LogP contribution in [0.5, 0.6) is 0 Å². The fraction of sp³-hybridized carbons (Fsp3) is 0.750. The highest BCUT2D eigenvalue weighted by Crippen LogP contribution is 2.33.